The van der Waals surface area contributed by atoms with Crippen molar-refractivity contribution in [2.45, 2.75) is 12.8 Å². The lowest BCUT2D eigenvalue weighted by molar-refractivity contribution is -0.121. The molecule has 0 spiro atoms. The summed E-state index contributed by atoms with van der Waals surface area (Å²) < 4.78 is 0. The monoisotopic (exact) mass is 205 g/mol. The van der Waals surface area contributed by atoms with Crippen LogP contribution in [0.4, 0.5) is 0 Å². The van der Waals surface area contributed by atoms with Crippen molar-refractivity contribution < 1.29 is 9.59 Å². The molecular formula is C10H11N3O2. The Kier molecular flexibility index (Phi) is 2.71. The predicted octanol–water partition coefficient (Wildman–Crippen LogP) is 0.282. The van der Waals surface area contributed by atoms with Crippen LogP contribution in [0.1, 0.15) is 23.2 Å². The summed E-state index contributed by atoms with van der Waals surface area (Å²) in [6.45, 7) is 0.854. The number of ketones is 1. The molecule has 5 nitrogen and oxygen atoms in total. The van der Waals surface area contributed by atoms with Crippen LogP contribution in [0.15, 0.2) is 18.7 Å². The smallest absolute Gasteiger partial charge is 0.257 e. The number of amides is 1. The largest absolute Gasteiger partial charge is 0.331 e. The van der Waals surface area contributed by atoms with Gasteiger partial charge in [0, 0.05) is 25.4 Å². The van der Waals surface area contributed by atoms with E-state index in [2.05, 4.69) is 9.97 Å². The van der Waals surface area contributed by atoms with Crippen LogP contribution in [0.25, 0.3) is 0 Å². The average Bonchev–Trinajstić information content (AvgIpc) is 2.29. The molecule has 0 N–H and O–H groups in total. The average molecular weight is 205 g/mol. The Balaban J connectivity index is 2.11. The highest BCUT2D eigenvalue weighted by molar-refractivity contribution is 5.96. The standard InChI is InChI=1S/C10H11N3O2/c14-9-2-1-3-13(6-9)10(15)8-4-11-7-12-5-8/h4-5,7H,1-3,6H2. The molecule has 2 heterocycles. The van der Waals surface area contributed by atoms with Crippen LogP contribution in [0, 0.1) is 0 Å². The summed E-state index contributed by atoms with van der Waals surface area (Å²) in [5.74, 6) is -0.0462. The first-order valence-corrected chi connectivity index (χ1v) is 4.83. The van der Waals surface area contributed by atoms with Gasteiger partial charge in [-0.3, -0.25) is 9.59 Å². The van der Waals surface area contributed by atoms with Crippen LogP contribution >= 0.6 is 0 Å². The second kappa shape index (κ2) is 4.16. The van der Waals surface area contributed by atoms with Crippen molar-refractivity contribution in [2.24, 2.45) is 0 Å². The first kappa shape index (κ1) is 9.76. The third-order valence-corrected chi connectivity index (χ3v) is 2.35. The summed E-state index contributed by atoms with van der Waals surface area (Å²) in [6, 6.07) is 0. The van der Waals surface area contributed by atoms with Gasteiger partial charge in [-0.1, -0.05) is 0 Å². The molecule has 0 saturated carbocycles. The Bertz CT molecular complexity index is 378. The van der Waals surface area contributed by atoms with E-state index in [0.717, 1.165) is 6.42 Å². The summed E-state index contributed by atoms with van der Waals surface area (Å²) >= 11 is 0. The van der Waals surface area contributed by atoms with E-state index >= 15 is 0 Å². The molecule has 1 fully saturated rings. The highest BCUT2D eigenvalue weighted by Crippen LogP contribution is 2.09. The van der Waals surface area contributed by atoms with Crippen molar-refractivity contribution in [2.75, 3.05) is 13.1 Å². The highest BCUT2D eigenvalue weighted by Gasteiger charge is 2.22. The van der Waals surface area contributed by atoms with E-state index in [9.17, 15) is 9.59 Å². The molecule has 0 unspecified atom stereocenters. The Labute approximate surface area is 87.1 Å². The van der Waals surface area contributed by atoms with E-state index in [0.29, 0.717) is 18.5 Å². The quantitative estimate of drug-likeness (QED) is 0.660. The molecule has 78 valence electrons. The molecule has 0 aliphatic carbocycles. The van der Waals surface area contributed by atoms with E-state index in [-0.39, 0.29) is 18.2 Å². The third kappa shape index (κ3) is 2.18. The van der Waals surface area contributed by atoms with Crippen molar-refractivity contribution in [1.82, 2.24) is 14.9 Å². The maximum Gasteiger partial charge on any atom is 0.257 e. The number of piperidine rings is 1. The van der Waals surface area contributed by atoms with Gasteiger partial charge in [-0.25, -0.2) is 9.97 Å². The van der Waals surface area contributed by atoms with Crippen LogP contribution < -0.4 is 0 Å². The molecule has 1 aliphatic rings. The molecule has 0 bridgehead atoms. The van der Waals surface area contributed by atoms with Crippen LogP contribution in [0.5, 0.6) is 0 Å². The number of carbonyl (C=O) groups excluding carboxylic acids is 2. The number of likely N-dealkylation sites (tertiary alicyclic amines) is 1. The summed E-state index contributed by atoms with van der Waals surface area (Å²) in [6.07, 6.45) is 5.63. The number of hydrogen-bond donors (Lipinski definition) is 0. The fourth-order valence-electron chi connectivity index (χ4n) is 1.60. The van der Waals surface area contributed by atoms with E-state index in [1.54, 1.807) is 4.90 Å². The van der Waals surface area contributed by atoms with Gasteiger partial charge >= 0.3 is 0 Å². The van der Waals surface area contributed by atoms with Gasteiger partial charge in [0.2, 0.25) is 0 Å². The minimum absolute atomic E-state index is 0.117. The van der Waals surface area contributed by atoms with Gasteiger partial charge in [0.15, 0.2) is 5.78 Å². The second-order valence-electron chi connectivity index (χ2n) is 3.50. The summed E-state index contributed by atoms with van der Waals surface area (Å²) in [5.41, 5.74) is 0.437. The molecule has 1 amide bonds. The second-order valence-corrected chi connectivity index (χ2v) is 3.50. The van der Waals surface area contributed by atoms with Gasteiger partial charge in [-0.15, -0.1) is 0 Å². The minimum Gasteiger partial charge on any atom is -0.331 e. The Morgan fingerprint density at radius 2 is 2.07 bits per heavy atom. The number of carbonyl (C=O) groups is 2. The van der Waals surface area contributed by atoms with Gasteiger partial charge in [0.25, 0.3) is 5.91 Å². The van der Waals surface area contributed by atoms with Gasteiger partial charge < -0.3 is 4.90 Å². The van der Waals surface area contributed by atoms with Crippen molar-refractivity contribution in [3.63, 3.8) is 0 Å². The van der Waals surface area contributed by atoms with Crippen LogP contribution in [-0.2, 0) is 4.79 Å². The number of hydrogen-bond acceptors (Lipinski definition) is 4. The Morgan fingerprint density at radius 3 is 2.73 bits per heavy atom. The zero-order valence-corrected chi connectivity index (χ0v) is 8.22. The maximum absolute atomic E-state index is 11.8. The number of nitrogens with zero attached hydrogens (tertiary/aromatic N) is 3. The van der Waals surface area contributed by atoms with Crippen LogP contribution in [-0.4, -0.2) is 39.6 Å². The molecule has 5 heteroatoms. The fourth-order valence-corrected chi connectivity index (χ4v) is 1.60. The van der Waals surface area contributed by atoms with Crippen LogP contribution in [0.3, 0.4) is 0 Å². The van der Waals surface area contributed by atoms with Crippen molar-refractivity contribution in [3.8, 4) is 0 Å². The number of rotatable bonds is 1. The highest BCUT2D eigenvalue weighted by atomic mass is 16.2. The molecule has 1 aromatic heterocycles. The third-order valence-electron chi connectivity index (χ3n) is 2.35. The fraction of sp³-hybridized carbons (Fsp3) is 0.400. The first-order chi connectivity index (χ1) is 7.27. The number of Topliss-reactive ketones (excluding diaryl/α,β-unsaturated/α-hetero) is 1. The van der Waals surface area contributed by atoms with E-state index in [1.807, 2.05) is 0 Å². The summed E-state index contributed by atoms with van der Waals surface area (Å²) in [5, 5.41) is 0. The molecule has 15 heavy (non-hydrogen) atoms. The minimum atomic E-state index is -0.163. The molecular weight excluding hydrogens is 194 g/mol. The zero-order valence-electron chi connectivity index (χ0n) is 8.22. The molecule has 1 saturated heterocycles. The normalized spacial score (nSPS) is 16.5. The Morgan fingerprint density at radius 1 is 1.33 bits per heavy atom. The Hall–Kier alpha value is -1.78. The van der Waals surface area contributed by atoms with Crippen molar-refractivity contribution in [1.29, 1.82) is 0 Å². The topological polar surface area (TPSA) is 63.2 Å². The van der Waals surface area contributed by atoms with E-state index < -0.39 is 0 Å². The first-order valence-electron chi connectivity index (χ1n) is 4.83. The van der Waals surface area contributed by atoms with Crippen molar-refractivity contribution in [3.05, 3.63) is 24.3 Å². The van der Waals surface area contributed by atoms with E-state index in [1.165, 1.54) is 18.7 Å². The predicted molar refractivity (Wildman–Crippen MR) is 52.2 cm³/mol. The molecule has 0 atom stereocenters. The zero-order chi connectivity index (χ0) is 10.7. The molecule has 1 aromatic rings. The van der Waals surface area contributed by atoms with Gasteiger partial charge in [-0.2, -0.15) is 0 Å². The van der Waals surface area contributed by atoms with Crippen LogP contribution in [0.2, 0.25) is 0 Å². The van der Waals surface area contributed by atoms with E-state index in [4.69, 9.17) is 0 Å². The summed E-state index contributed by atoms with van der Waals surface area (Å²) in [4.78, 5) is 32.1. The molecule has 0 radical (unpaired) electrons. The molecule has 2 rings (SSSR count). The SMILES string of the molecule is O=C1CCCN(C(=O)c2cncnc2)C1. The number of aromatic nitrogens is 2. The maximum atomic E-state index is 11.8. The molecule has 1 aliphatic heterocycles. The lowest BCUT2D eigenvalue weighted by Gasteiger charge is -2.25. The van der Waals surface area contributed by atoms with Crippen molar-refractivity contribution >= 4 is 11.7 Å². The molecule has 0 aromatic carbocycles. The van der Waals surface area contributed by atoms with Gasteiger partial charge in [-0.05, 0) is 6.42 Å². The van der Waals surface area contributed by atoms with Gasteiger partial charge in [0.1, 0.15) is 6.33 Å². The van der Waals surface area contributed by atoms with Gasteiger partial charge in [0.05, 0.1) is 12.1 Å². The lowest BCUT2D eigenvalue weighted by atomic mass is 10.1. The lowest BCUT2D eigenvalue weighted by Crippen LogP contribution is -2.40. The summed E-state index contributed by atoms with van der Waals surface area (Å²) in [7, 11) is 0.